The number of carbonyl (C=O) groups excluding carboxylic acids is 1. The summed E-state index contributed by atoms with van der Waals surface area (Å²) in [6, 6.07) is 0. The van der Waals surface area contributed by atoms with Crippen LogP contribution in [0.4, 0.5) is 4.79 Å². The fourth-order valence-corrected chi connectivity index (χ4v) is 9.14. The summed E-state index contributed by atoms with van der Waals surface area (Å²) in [5.74, 6) is 5.08. The Morgan fingerprint density at radius 1 is 1.06 bits per heavy atom. The number of rotatable bonds is 9. The molecular formula is C31H52O4. The van der Waals surface area contributed by atoms with Crippen LogP contribution in [0.3, 0.4) is 0 Å². The Morgan fingerprint density at radius 3 is 2.60 bits per heavy atom. The van der Waals surface area contributed by atoms with E-state index in [2.05, 4.69) is 40.7 Å². The van der Waals surface area contributed by atoms with Gasteiger partial charge >= 0.3 is 6.16 Å². The van der Waals surface area contributed by atoms with Crippen LogP contribution in [0.15, 0.2) is 11.6 Å². The summed E-state index contributed by atoms with van der Waals surface area (Å²) < 4.78 is 10.8. The van der Waals surface area contributed by atoms with Crippen molar-refractivity contribution in [2.75, 3.05) is 13.2 Å². The van der Waals surface area contributed by atoms with Gasteiger partial charge in [-0.05, 0) is 91.3 Å². The van der Waals surface area contributed by atoms with E-state index in [1.807, 2.05) is 0 Å². The third kappa shape index (κ3) is 5.48. The molecule has 4 aliphatic carbocycles. The summed E-state index contributed by atoms with van der Waals surface area (Å²) >= 11 is 0. The predicted molar refractivity (Wildman–Crippen MR) is 141 cm³/mol. The van der Waals surface area contributed by atoms with Crippen molar-refractivity contribution >= 4 is 6.16 Å². The van der Waals surface area contributed by atoms with Gasteiger partial charge in [0.1, 0.15) is 6.10 Å². The molecule has 0 amide bonds. The molecule has 0 spiro atoms. The van der Waals surface area contributed by atoms with Gasteiger partial charge in [0.2, 0.25) is 0 Å². The molecule has 0 aromatic carbocycles. The molecule has 4 heteroatoms. The van der Waals surface area contributed by atoms with Gasteiger partial charge in [-0.1, -0.05) is 65.5 Å². The monoisotopic (exact) mass is 488 g/mol. The van der Waals surface area contributed by atoms with Crippen LogP contribution in [0.1, 0.15) is 112 Å². The molecule has 0 bridgehead atoms. The average Bonchev–Trinajstić information content (AvgIpc) is 3.16. The second-order valence-corrected chi connectivity index (χ2v) is 13.4. The minimum atomic E-state index is -0.575. The van der Waals surface area contributed by atoms with Gasteiger partial charge in [0.05, 0.1) is 6.61 Å². The van der Waals surface area contributed by atoms with E-state index in [1.54, 1.807) is 5.57 Å². The van der Waals surface area contributed by atoms with E-state index in [1.165, 1.54) is 51.4 Å². The normalized spacial score (nSPS) is 39.3. The molecule has 0 heterocycles. The standard InChI is InChI=1S/C31H52O4/c1-21(2)8-6-9-22(3)26-12-13-27-25-11-10-23-20-24(35-29(33)34-19-7-18-32)14-16-30(23,4)28(25)15-17-31(26,27)5/h10,21-22,24-28,32H,6-9,11-20H2,1-5H3/t22-,24+,25?,26-,27?,28?,30+,31-/m1/s1. The number of hydrogen-bond donors (Lipinski definition) is 1. The third-order valence-corrected chi connectivity index (χ3v) is 11.0. The van der Waals surface area contributed by atoms with Crippen LogP contribution in [0.5, 0.6) is 0 Å². The van der Waals surface area contributed by atoms with Crippen LogP contribution in [0, 0.1) is 46.3 Å². The lowest BCUT2D eigenvalue weighted by Gasteiger charge is -2.58. The Hall–Kier alpha value is -1.03. The first-order chi connectivity index (χ1) is 16.7. The van der Waals surface area contributed by atoms with Gasteiger partial charge in [-0.25, -0.2) is 4.79 Å². The van der Waals surface area contributed by atoms with Crippen molar-refractivity contribution in [3.8, 4) is 0 Å². The molecule has 4 rings (SSSR count). The third-order valence-electron chi connectivity index (χ3n) is 11.0. The van der Waals surface area contributed by atoms with Gasteiger partial charge in [-0.15, -0.1) is 0 Å². The summed E-state index contributed by atoms with van der Waals surface area (Å²) in [6.07, 6.45) is 16.3. The highest BCUT2D eigenvalue weighted by Crippen LogP contribution is 2.67. The second-order valence-electron chi connectivity index (χ2n) is 13.4. The fourth-order valence-electron chi connectivity index (χ4n) is 9.14. The van der Waals surface area contributed by atoms with Gasteiger partial charge in [0, 0.05) is 19.4 Å². The number of allylic oxidation sites excluding steroid dienone is 1. The summed E-state index contributed by atoms with van der Waals surface area (Å²) in [7, 11) is 0. The average molecular weight is 489 g/mol. The van der Waals surface area contributed by atoms with Crippen LogP contribution in [0.2, 0.25) is 0 Å². The molecule has 8 atom stereocenters. The zero-order valence-corrected chi connectivity index (χ0v) is 23.2. The van der Waals surface area contributed by atoms with Crippen molar-refractivity contribution in [1.29, 1.82) is 0 Å². The van der Waals surface area contributed by atoms with Crippen LogP contribution in [-0.2, 0) is 9.47 Å². The van der Waals surface area contributed by atoms with E-state index >= 15 is 0 Å². The van der Waals surface area contributed by atoms with Crippen LogP contribution in [0.25, 0.3) is 0 Å². The highest BCUT2D eigenvalue weighted by atomic mass is 16.7. The maximum atomic E-state index is 12.1. The van der Waals surface area contributed by atoms with Gasteiger partial charge < -0.3 is 14.6 Å². The molecule has 4 nitrogen and oxygen atoms in total. The number of fused-ring (bicyclic) bond motifs is 5. The molecule has 0 aromatic rings. The van der Waals surface area contributed by atoms with Crippen molar-refractivity contribution in [3.05, 3.63) is 11.6 Å². The number of ether oxygens (including phenoxy) is 2. The highest BCUT2D eigenvalue weighted by molar-refractivity contribution is 5.60. The Balaban J connectivity index is 1.39. The van der Waals surface area contributed by atoms with E-state index < -0.39 is 6.16 Å². The molecule has 200 valence electrons. The SMILES string of the molecule is CC(C)CCC[C@@H](C)[C@H]1CCC2C3CC=C4C[C@@H](OC(=O)OCCCO)CC[C@]4(C)C3CC[C@@]21C. The smallest absolute Gasteiger partial charge is 0.434 e. The largest absolute Gasteiger partial charge is 0.508 e. The Morgan fingerprint density at radius 2 is 1.86 bits per heavy atom. The topological polar surface area (TPSA) is 55.8 Å². The van der Waals surface area contributed by atoms with E-state index in [9.17, 15) is 4.79 Å². The van der Waals surface area contributed by atoms with E-state index in [4.69, 9.17) is 14.6 Å². The van der Waals surface area contributed by atoms with Crippen LogP contribution >= 0.6 is 0 Å². The first-order valence-electron chi connectivity index (χ1n) is 14.8. The molecule has 0 radical (unpaired) electrons. The number of hydrogen-bond acceptors (Lipinski definition) is 4. The lowest BCUT2D eigenvalue weighted by atomic mass is 9.47. The number of aliphatic hydroxyl groups excluding tert-OH is 1. The van der Waals surface area contributed by atoms with Crippen molar-refractivity contribution in [3.63, 3.8) is 0 Å². The predicted octanol–water partition coefficient (Wildman–Crippen LogP) is 7.93. The van der Waals surface area contributed by atoms with Crippen molar-refractivity contribution < 1.29 is 19.4 Å². The lowest BCUT2D eigenvalue weighted by Crippen LogP contribution is -2.51. The van der Waals surface area contributed by atoms with Gasteiger partial charge in [0.15, 0.2) is 0 Å². The lowest BCUT2D eigenvalue weighted by molar-refractivity contribution is -0.0618. The zero-order chi connectivity index (χ0) is 25.2. The highest BCUT2D eigenvalue weighted by Gasteiger charge is 2.59. The number of carbonyl (C=O) groups is 1. The molecule has 3 unspecified atom stereocenters. The second kappa shape index (κ2) is 11.2. The molecule has 3 saturated carbocycles. The van der Waals surface area contributed by atoms with E-state index in [0.29, 0.717) is 11.8 Å². The van der Waals surface area contributed by atoms with Gasteiger partial charge in [-0.3, -0.25) is 0 Å². The summed E-state index contributed by atoms with van der Waals surface area (Å²) in [5, 5.41) is 8.88. The Kier molecular flexibility index (Phi) is 8.61. The maximum Gasteiger partial charge on any atom is 0.508 e. The van der Waals surface area contributed by atoms with E-state index in [0.717, 1.165) is 54.8 Å². The zero-order valence-electron chi connectivity index (χ0n) is 23.2. The summed E-state index contributed by atoms with van der Waals surface area (Å²) in [6.45, 7) is 12.7. The molecule has 35 heavy (non-hydrogen) atoms. The van der Waals surface area contributed by atoms with Crippen molar-refractivity contribution in [2.24, 2.45) is 46.3 Å². The first kappa shape index (κ1) is 27.0. The molecular weight excluding hydrogens is 436 g/mol. The van der Waals surface area contributed by atoms with Crippen LogP contribution < -0.4 is 0 Å². The Bertz CT molecular complexity index is 759. The Labute approximate surface area is 214 Å². The van der Waals surface area contributed by atoms with Gasteiger partial charge in [-0.2, -0.15) is 0 Å². The summed E-state index contributed by atoms with van der Waals surface area (Å²) in [5.41, 5.74) is 2.34. The number of aliphatic hydroxyl groups is 1. The van der Waals surface area contributed by atoms with Gasteiger partial charge in [0.25, 0.3) is 0 Å². The van der Waals surface area contributed by atoms with Crippen molar-refractivity contribution in [2.45, 2.75) is 118 Å². The fraction of sp³-hybridized carbons (Fsp3) is 0.903. The first-order valence-corrected chi connectivity index (χ1v) is 14.8. The van der Waals surface area contributed by atoms with Crippen molar-refractivity contribution in [1.82, 2.24) is 0 Å². The molecule has 1 N–H and O–H groups in total. The quantitative estimate of drug-likeness (QED) is 0.203. The maximum absolute atomic E-state index is 12.1. The van der Waals surface area contributed by atoms with E-state index in [-0.39, 0.29) is 24.7 Å². The molecule has 0 aliphatic heterocycles. The van der Waals surface area contributed by atoms with Crippen LogP contribution in [-0.4, -0.2) is 30.6 Å². The molecule has 3 fully saturated rings. The minimum Gasteiger partial charge on any atom is -0.434 e. The molecule has 0 saturated heterocycles. The summed E-state index contributed by atoms with van der Waals surface area (Å²) in [4.78, 5) is 12.1. The molecule has 4 aliphatic rings. The molecule has 0 aromatic heterocycles. The minimum absolute atomic E-state index is 0.0301.